The molecule has 19 heavy (non-hydrogen) atoms. The summed E-state index contributed by atoms with van der Waals surface area (Å²) in [4.78, 5) is 0. The highest BCUT2D eigenvalue weighted by Crippen LogP contribution is 2.31. The van der Waals surface area contributed by atoms with E-state index in [-0.39, 0.29) is 0 Å². The van der Waals surface area contributed by atoms with E-state index >= 15 is 0 Å². The number of hydrogen-bond donors (Lipinski definition) is 1. The minimum absolute atomic E-state index is 0.641. The molecule has 2 nitrogen and oxygen atoms in total. The lowest BCUT2D eigenvalue weighted by atomic mass is 9.97. The Morgan fingerprint density at radius 3 is 2.58 bits per heavy atom. The van der Waals surface area contributed by atoms with Gasteiger partial charge in [0.05, 0.1) is 6.54 Å². The van der Waals surface area contributed by atoms with Gasteiger partial charge in [-0.2, -0.15) is 0 Å². The fraction of sp³-hybridized carbons (Fsp3) is 0.529. The number of aryl methyl sites for hydroxylation is 2. The molecule has 1 aromatic carbocycles. The van der Waals surface area contributed by atoms with Crippen LogP contribution in [0.1, 0.15) is 43.2 Å². The molecule has 104 valence electrons. The Bertz CT molecular complexity index is 566. The van der Waals surface area contributed by atoms with Gasteiger partial charge in [0.25, 0.3) is 0 Å². The van der Waals surface area contributed by atoms with E-state index in [0.29, 0.717) is 5.92 Å². The molecule has 2 rings (SSSR count). The number of hydrogen-bond acceptors (Lipinski definition) is 2. The largest absolute Gasteiger partial charge is 0.459 e. The smallest absolute Gasteiger partial charge is 0.137 e. The summed E-state index contributed by atoms with van der Waals surface area (Å²) in [5, 5.41) is 4.68. The summed E-state index contributed by atoms with van der Waals surface area (Å²) >= 11 is 0. The van der Waals surface area contributed by atoms with Crippen LogP contribution < -0.4 is 5.32 Å². The molecule has 1 aromatic heterocycles. The Morgan fingerprint density at radius 1 is 1.21 bits per heavy atom. The lowest BCUT2D eigenvalue weighted by Gasteiger charge is -2.06. The highest BCUT2D eigenvalue weighted by atomic mass is 16.3. The summed E-state index contributed by atoms with van der Waals surface area (Å²) in [6.45, 7) is 12.7. The molecule has 0 aliphatic carbocycles. The van der Waals surface area contributed by atoms with Crippen molar-refractivity contribution >= 4 is 11.0 Å². The zero-order valence-corrected chi connectivity index (χ0v) is 12.8. The molecule has 0 saturated heterocycles. The molecule has 0 amide bonds. The van der Waals surface area contributed by atoms with Gasteiger partial charge in [0, 0.05) is 10.9 Å². The Balaban J connectivity index is 2.55. The van der Waals surface area contributed by atoms with Crippen molar-refractivity contribution in [3.8, 4) is 0 Å². The van der Waals surface area contributed by atoms with Gasteiger partial charge < -0.3 is 9.73 Å². The molecule has 0 bridgehead atoms. The van der Waals surface area contributed by atoms with E-state index in [0.717, 1.165) is 30.9 Å². The normalized spacial score (nSPS) is 11.7. The van der Waals surface area contributed by atoms with Crippen LogP contribution in [0.25, 0.3) is 11.0 Å². The van der Waals surface area contributed by atoms with Crippen LogP contribution in [0.4, 0.5) is 0 Å². The van der Waals surface area contributed by atoms with Crippen molar-refractivity contribution in [3.63, 3.8) is 0 Å². The van der Waals surface area contributed by atoms with Crippen molar-refractivity contribution in [1.29, 1.82) is 0 Å². The quantitative estimate of drug-likeness (QED) is 0.863. The first-order valence-corrected chi connectivity index (χ1v) is 7.25. The number of nitrogens with one attached hydrogen (secondary N) is 1. The topological polar surface area (TPSA) is 25.2 Å². The van der Waals surface area contributed by atoms with E-state index < -0.39 is 0 Å². The lowest BCUT2D eigenvalue weighted by Crippen LogP contribution is -2.12. The van der Waals surface area contributed by atoms with Gasteiger partial charge in [0.15, 0.2) is 0 Å². The standard InChI is InChI=1S/C17H25NO/c1-6-18-10-16-15(9-11(2)3)14-8-7-12(4)13(5)17(14)19-16/h7-8,11,18H,6,9-10H2,1-5H3. The SMILES string of the molecule is CCNCc1oc2c(C)c(C)ccc2c1CC(C)C. The summed E-state index contributed by atoms with van der Waals surface area (Å²) in [6, 6.07) is 4.42. The Hall–Kier alpha value is -1.28. The molecule has 0 aliphatic heterocycles. The van der Waals surface area contributed by atoms with E-state index in [4.69, 9.17) is 4.42 Å². The van der Waals surface area contributed by atoms with Gasteiger partial charge in [-0.25, -0.2) is 0 Å². The number of furan rings is 1. The zero-order chi connectivity index (χ0) is 14.0. The van der Waals surface area contributed by atoms with Crippen LogP contribution in [0.15, 0.2) is 16.5 Å². The summed E-state index contributed by atoms with van der Waals surface area (Å²) in [6.07, 6.45) is 1.08. The fourth-order valence-electron chi connectivity index (χ4n) is 2.51. The van der Waals surface area contributed by atoms with Crippen molar-refractivity contribution in [2.45, 2.75) is 47.6 Å². The van der Waals surface area contributed by atoms with Crippen LogP contribution in [0.3, 0.4) is 0 Å². The summed E-state index contributed by atoms with van der Waals surface area (Å²) in [5.41, 5.74) is 5.02. The summed E-state index contributed by atoms with van der Waals surface area (Å²) in [7, 11) is 0. The van der Waals surface area contributed by atoms with Crippen LogP contribution in [-0.2, 0) is 13.0 Å². The molecular weight excluding hydrogens is 234 g/mol. The second kappa shape index (κ2) is 5.79. The van der Waals surface area contributed by atoms with Crippen molar-refractivity contribution in [2.75, 3.05) is 6.54 Å². The molecule has 1 N–H and O–H groups in total. The molecule has 2 heteroatoms. The van der Waals surface area contributed by atoms with E-state index in [2.05, 4.69) is 52.1 Å². The minimum Gasteiger partial charge on any atom is -0.459 e. The van der Waals surface area contributed by atoms with E-state index in [1.807, 2.05) is 0 Å². The fourth-order valence-corrected chi connectivity index (χ4v) is 2.51. The molecule has 0 atom stereocenters. The van der Waals surface area contributed by atoms with Crippen LogP contribution in [0, 0.1) is 19.8 Å². The number of fused-ring (bicyclic) bond motifs is 1. The molecular formula is C17H25NO. The zero-order valence-electron chi connectivity index (χ0n) is 12.8. The summed E-state index contributed by atoms with van der Waals surface area (Å²) < 4.78 is 6.15. The first-order chi connectivity index (χ1) is 9.04. The van der Waals surface area contributed by atoms with E-state index in [1.165, 1.54) is 22.1 Å². The molecule has 0 aliphatic rings. The number of rotatable bonds is 5. The Morgan fingerprint density at radius 2 is 1.95 bits per heavy atom. The van der Waals surface area contributed by atoms with Gasteiger partial charge in [-0.3, -0.25) is 0 Å². The van der Waals surface area contributed by atoms with Crippen molar-refractivity contribution < 1.29 is 4.42 Å². The predicted molar refractivity (Wildman–Crippen MR) is 81.6 cm³/mol. The maximum atomic E-state index is 6.15. The van der Waals surface area contributed by atoms with Crippen LogP contribution in [-0.4, -0.2) is 6.54 Å². The van der Waals surface area contributed by atoms with Crippen LogP contribution in [0.5, 0.6) is 0 Å². The second-order valence-corrected chi connectivity index (χ2v) is 5.77. The second-order valence-electron chi connectivity index (χ2n) is 5.77. The first-order valence-electron chi connectivity index (χ1n) is 7.25. The molecule has 2 aromatic rings. The third kappa shape index (κ3) is 2.84. The van der Waals surface area contributed by atoms with Crippen LogP contribution in [0.2, 0.25) is 0 Å². The molecule has 0 unspecified atom stereocenters. The summed E-state index contributed by atoms with van der Waals surface area (Å²) in [5.74, 6) is 1.75. The third-order valence-corrected chi connectivity index (χ3v) is 3.71. The highest BCUT2D eigenvalue weighted by Gasteiger charge is 2.16. The molecule has 0 radical (unpaired) electrons. The molecule has 0 spiro atoms. The lowest BCUT2D eigenvalue weighted by molar-refractivity contribution is 0.505. The molecule has 1 heterocycles. The van der Waals surface area contributed by atoms with Gasteiger partial charge in [-0.1, -0.05) is 32.9 Å². The van der Waals surface area contributed by atoms with Gasteiger partial charge in [-0.15, -0.1) is 0 Å². The molecule has 0 saturated carbocycles. The van der Waals surface area contributed by atoms with Crippen LogP contribution >= 0.6 is 0 Å². The maximum Gasteiger partial charge on any atom is 0.137 e. The number of benzene rings is 1. The monoisotopic (exact) mass is 259 g/mol. The van der Waals surface area contributed by atoms with Gasteiger partial charge in [-0.05, 0) is 43.9 Å². The van der Waals surface area contributed by atoms with Gasteiger partial charge >= 0.3 is 0 Å². The van der Waals surface area contributed by atoms with Gasteiger partial charge in [0.2, 0.25) is 0 Å². The average Bonchev–Trinajstić information content (AvgIpc) is 2.70. The highest BCUT2D eigenvalue weighted by molar-refractivity contribution is 5.85. The first kappa shape index (κ1) is 14.1. The average molecular weight is 259 g/mol. The maximum absolute atomic E-state index is 6.15. The van der Waals surface area contributed by atoms with Crippen molar-refractivity contribution in [3.05, 3.63) is 34.6 Å². The Labute approximate surface area is 116 Å². The van der Waals surface area contributed by atoms with Crippen molar-refractivity contribution in [2.24, 2.45) is 5.92 Å². The van der Waals surface area contributed by atoms with Crippen molar-refractivity contribution in [1.82, 2.24) is 5.32 Å². The van der Waals surface area contributed by atoms with E-state index in [9.17, 15) is 0 Å². The Kier molecular flexibility index (Phi) is 4.31. The van der Waals surface area contributed by atoms with Gasteiger partial charge in [0.1, 0.15) is 11.3 Å². The predicted octanol–water partition coefficient (Wildman–Crippen LogP) is 4.36. The molecule has 0 fully saturated rings. The third-order valence-electron chi connectivity index (χ3n) is 3.71. The minimum atomic E-state index is 0.641. The van der Waals surface area contributed by atoms with E-state index in [1.54, 1.807) is 0 Å².